The maximum Gasteiger partial charge on any atom is 0.338 e. The van der Waals surface area contributed by atoms with E-state index in [-0.39, 0.29) is 6.61 Å². The molecule has 0 fully saturated rings. The van der Waals surface area contributed by atoms with E-state index in [2.05, 4.69) is 11.9 Å². The van der Waals surface area contributed by atoms with Crippen molar-refractivity contribution in [1.29, 1.82) is 0 Å². The molecule has 2 aliphatic rings. The van der Waals surface area contributed by atoms with Crippen LogP contribution in [0.4, 0.5) is 5.69 Å². The van der Waals surface area contributed by atoms with Crippen LogP contribution in [0.2, 0.25) is 0 Å². The van der Waals surface area contributed by atoms with Crippen LogP contribution in [-0.4, -0.2) is 30.9 Å². The molecule has 2 aliphatic heterocycles. The Morgan fingerprint density at radius 1 is 1.23 bits per heavy atom. The first-order valence-electron chi connectivity index (χ1n) is 9.64. The number of benzene rings is 2. The van der Waals surface area contributed by atoms with Crippen molar-refractivity contribution in [2.75, 3.05) is 24.7 Å². The Morgan fingerprint density at radius 2 is 1.97 bits per heavy atom. The number of nitrogens with one attached hydrogen (secondary N) is 1. The predicted octanol–water partition coefficient (Wildman–Crippen LogP) is 3.90. The molecular weight excluding hydrogens is 400 g/mol. The number of thiocarbonyl (C=S) groups is 1. The Labute approximate surface area is 180 Å². The molecule has 0 saturated heterocycles. The Morgan fingerprint density at radius 3 is 2.70 bits per heavy atom. The summed E-state index contributed by atoms with van der Waals surface area (Å²) >= 11 is 5.69. The normalized spacial score (nSPS) is 18.0. The number of fused-ring (bicyclic) bond motifs is 1. The van der Waals surface area contributed by atoms with Crippen molar-refractivity contribution in [3.63, 3.8) is 0 Å². The molecule has 0 spiro atoms. The molecule has 2 aromatic rings. The minimum Gasteiger partial charge on any atom is -0.486 e. The fourth-order valence-electron chi connectivity index (χ4n) is 3.60. The fraction of sp³-hybridized carbons (Fsp3) is 0.217. The van der Waals surface area contributed by atoms with Crippen molar-refractivity contribution >= 4 is 29.0 Å². The summed E-state index contributed by atoms with van der Waals surface area (Å²) in [5.74, 6) is 0.921. The van der Waals surface area contributed by atoms with E-state index < -0.39 is 12.0 Å². The molecule has 0 bridgehead atoms. The molecule has 7 heteroatoms. The fourth-order valence-corrected chi connectivity index (χ4v) is 3.96. The zero-order valence-electron chi connectivity index (χ0n) is 16.6. The second-order valence-corrected chi connectivity index (χ2v) is 7.23. The van der Waals surface area contributed by atoms with Gasteiger partial charge in [0, 0.05) is 11.8 Å². The lowest BCUT2D eigenvalue weighted by molar-refractivity contribution is -0.138. The van der Waals surface area contributed by atoms with E-state index in [1.165, 1.54) is 0 Å². The Hall–Kier alpha value is -3.32. The van der Waals surface area contributed by atoms with Crippen LogP contribution >= 0.6 is 12.2 Å². The molecule has 1 atom stereocenters. The van der Waals surface area contributed by atoms with Crippen LogP contribution in [0.15, 0.2) is 72.5 Å². The van der Waals surface area contributed by atoms with Crippen LogP contribution in [0.25, 0.3) is 0 Å². The number of hydrogen-bond donors (Lipinski definition) is 1. The number of anilines is 1. The van der Waals surface area contributed by atoms with Crippen LogP contribution < -0.4 is 19.7 Å². The first-order valence-corrected chi connectivity index (χ1v) is 10.0. The standard InChI is InChI=1S/C23H22N2O4S/c1-3-11-29-22(26)20-15(2)25(17-9-10-18-19(14-17)28-13-12-27-18)23(30)24-21(20)16-7-5-4-6-8-16/h3-10,14,21H,1,11-13H2,2H3,(H,24,30). The molecule has 2 heterocycles. The Bertz CT molecular complexity index is 1020. The lowest BCUT2D eigenvalue weighted by atomic mass is 9.95. The summed E-state index contributed by atoms with van der Waals surface area (Å²) in [6.07, 6.45) is 1.55. The molecule has 154 valence electrons. The van der Waals surface area contributed by atoms with E-state index in [4.69, 9.17) is 26.4 Å². The van der Waals surface area contributed by atoms with Crippen molar-refractivity contribution in [3.8, 4) is 11.5 Å². The van der Waals surface area contributed by atoms with Gasteiger partial charge in [0.15, 0.2) is 16.6 Å². The van der Waals surface area contributed by atoms with Gasteiger partial charge < -0.3 is 19.5 Å². The maximum absolute atomic E-state index is 13.0. The summed E-state index contributed by atoms with van der Waals surface area (Å²) in [7, 11) is 0. The highest BCUT2D eigenvalue weighted by Gasteiger charge is 2.35. The van der Waals surface area contributed by atoms with Gasteiger partial charge in [0.05, 0.1) is 17.3 Å². The van der Waals surface area contributed by atoms with Crippen LogP contribution in [0.5, 0.6) is 11.5 Å². The quantitative estimate of drug-likeness (QED) is 0.446. The van der Waals surface area contributed by atoms with Gasteiger partial charge in [0.2, 0.25) is 0 Å². The monoisotopic (exact) mass is 422 g/mol. The third-order valence-electron chi connectivity index (χ3n) is 4.95. The molecule has 30 heavy (non-hydrogen) atoms. The zero-order valence-corrected chi connectivity index (χ0v) is 17.4. The molecule has 1 unspecified atom stereocenters. The van der Waals surface area contributed by atoms with E-state index in [0.717, 1.165) is 11.3 Å². The van der Waals surface area contributed by atoms with Gasteiger partial charge in [-0.2, -0.15) is 0 Å². The SMILES string of the molecule is C=CCOC(=O)C1=C(C)N(c2ccc3c(c2)OCCO3)C(=S)NC1c1ccccc1. The summed E-state index contributed by atoms with van der Waals surface area (Å²) in [5, 5.41) is 3.78. The number of hydrogen-bond acceptors (Lipinski definition) is 5. The Kier molecular flexibility index (Phi) is 5.72. The molecule has 1 N–H and O–H groups in total. The highest BCUT2D eigenvalue weighted by molar-refractivity contribution is 7.80. The number of rotatable bonds is 5. The third-order valence-corrected chi connectivity index (χ3v) is 5.25. The number of carbonyl (C=O) groups is 1. The summed E-state index contributed by atoms with van der Waals surface area (Å²) in [6, 6.07) is 14.9. The van der Waals surface area contributed by atoms with Gasteiger partial charge in [-0.05, 0) is 36.8 Å². The number of allylic oxidation sites excluding steroid dienone is 1. The smallest absolute Gasteiger partial charge is 0.338 e. The van der Waals surface area contributed by atoms with Crippen molar-refractivity contribution < 1.29 is 19.0 Å². The van der Waals surface area contributed by atoms with Crippen LogP contribution in [0.1, 0.15) is 18.5 Å². The van der Waals surface area contributed by atoms with Gasteiger partial charge in [0.1, 0.15) is 19.8 Å². The molecular formula is C23H22N2O4S. The minimum absolute atomic E-state index is 0.131. The van der Waals surface area contributed by atoms with Crippen molar-refractivity contribution in [3.05, 3.63) is 78.0 Å². The summed E-state index contributed by atoms with van der Waals surface area (Å²) < 4.78 is 16.7. The van der Waals surface area contributed by atoms with E-state index in [0.29, 0.717) is 41.1 Å². The number of esters is 1. The second kappa shape index (κ2) is 8.59. The van der Waals surface area contributed by atoms with E-state index in [1.807, 2.05) is 60.4 Å². The van der Waals surface area contributed by atoms with E-state index in [9.17, 15) is 4.79 Å². The van der Waals surface area contributed by atoms with Gasteiger partial charge in [-0.15, -0.1) is 0 Å². The molecule has 0 aromatic heterocycles. The van der Waals surface area contributed by atoms with Crippen LogP contribution in [0.3, 0.4) is 0 Å². The number of ether oxygens (including phenoxy) is 3. The second-order valence-electron chi connectivity index (χ2n) is 6.84. The molecule has 0 radical (unpaired) electrons. The maximum atomic E-state index is 13.0. The topological polar surface area (TPSA) is 60.0 Å². The Balaban J connectivity index is 1.79. The highest BCUT2D eigenvalue weighted by Crippen LogP contribution is 2.38. The minimum atomic E-state index is -0.418. The van der Waals surface area contributed by atoms with Gasteiger partial charge in [-0.1, -0.05) is 43.0 Å². The van der Waals surface area contributed by atoms with E-state index >= 15 is 0 Å². The molecule has 2 aromatic carbocycles. The van der Waals surface area contributed by atoms with Gasteiger partial charge >= 0.3 is 5.97 Å². The molecule has 0 aliphatic carbocycles. The molecule has 6 nitrogen and oxygen atoms in total. The first-order chi connectivity index (χ1) is 14.6. The predicted molar refractivity (Wildman–Crippen MR) is 119 cm³/mol. The molecule has 0 saturated carbocycles. The average Bonchev–Trinajstić information content (AvgIpc) is 2.77. The van der Waals surface area contributed by atoms with E-state index in [1.54, 1.807) is 6.08 Å². The number of carbonyl (C=O) groups excluding carboxylic acids is 1. The lowest BCUT2D eigenvalue weighted by Gasteiger charge is -2.37. The van der Waals surface area contributed by atoms with Gasteiger partial charge in [0.25, 0.3) is 0 Å². The van der Waals surface area contributed by atoms with Crippen LogP contribution in [-0.2, 0) is 9.53 Å². The number of nitrogens with zero attached hydrogens (tertiary/aromatic N) is 1. The third kappa shape index (κ3) is 3.76. The largest absolute Gasteiger partial charge is 0.486 e. The summed E-state index contributed by atoms with van der Waals surface area (Å²) in [4.78, 5) is 14.8. The molecule has 4 rings (SSSR count). The van der Waals surface area contributed by atoms with Crippen LogP contribution in [0, 0.1) is 0 Å². The summed E-state index contributed by atoms with van der Waals surface area (Å²) in [5.41, 5.74) is 2.88. The van der Waals surface area contributed by atoms with Crippen molar-refractivity contribution in [2.24, 2.45) is 0 Å². The van der Waals surface area contributed by atoms with Gasteiger partial charge in [-0.3, -0.25) is 4.90 Å². The average molecular weight is 423 g/mol. The lowest BCUT2D eigenvalue weighted by Crippen LogP contribution is -2.48. The zero-order chi connectivity index (χ0) is 21.1. The van der Waals surface area contributed by atoms with Crippen molar-refractivity contribution in [1.82, 2.24) is 5.32 Å². The first kappa shape index (κ1) is 20.0. The highest BCUT2D eigenvalue weighted by atomic mass is 32.1. The summed E-state index contributed by atoms with van der Waals surface area (Å²) in [6.45, 7) is 6.63. The van der Waals surface area contributed by atoms with Crippen molar-refractivity contribution in [2.45, 2.75) is 13.0 Å². The molecule has 0 amide bonds. The van der Waals surface area contributed by atoms with Gasteiger partial charge in [-0.25, -0.2) is 4.79 Å².